The minimum atomic E-state index is -4.54. The summed E-state index contributed by atoms with van der Waals surface area (Å²) in [6, 6.07) is 18.5. The molecular weight excluding hydrogens is 1750 g/mol. The fourth-order valence-electron chi connectivity index (χ4n) is 13.0. The summed E-state index contributed by atoms with van der Waals surface area (Å²) in [6.45, 7) is 2.54. The van der Waals surface area contributed by atoms with E-state index in [1.807, 2.05) is 67.7 Å². The SMILES string of the molecule is CNc1cc(CCC(=O)OCC#Cc2cn([C@H]3C[C@@H](O)[C@@H](COP(=O)([O-])n4ccnc4C)O3)c(=O)[nH]c2=O)cc(NC)c1.CNc1cc(COC(=O)CCC#Cc2cn([C@H]3C[C@@H](O)[C@@H](COP(=O)([O-])n4ccnc4C)O3)c(=O)[nH]c2=O)cc(NC)c1.CNc1ccc(CC(NC)C(=O)OCC#Cc2cn([C@H]3C[C@@H](O)[C@@H](COP(=O)([O-])n4ccnc4C)O3)c(=O)nc2N)cc1. The summed E-state index contributed by atoms with van der Waals surface area (Å²) in [5.74, 6) is 15.0. The third-order valence-electron chi connectivity index (χ3n) is 20.0. The van der Waals surface area contributed by atoms with E-state index in [0.29, 0.717) is 12.8 Å². The van der Waals surface area contributed by atoms with Crippen molar-refractivity contribution in [1.82, 2.24) is 61.9 Å². The second kappa shape index (κ2) is 45.5. The van der Waals surface area contributed by atoms with Gasteiger partial charge in [0.2, 0.25) is 23.2 Å². The number of aliphatic hydroxyl groups is 3. The molecule has 0 radical (unpaired) electrons. The number of aliphatic hydroxyl groups excluding tert-OH is 3. The number of carbonyl (C=O) groups is 3. The molecule has 0 saturated carbocycles. The highest BCUT2D eigenvalue weighted by Gasteiger charge is 2.40. The number of hydrogen-bond donors (Lipinski definition) is 12. The van der Waals surface area contributed by atoms with Crippen LogP contribution < -0.4 is 80.5 Å². The number of ether oxygens (including phenoxy) is 6. The summed E-state index contributed by atoms with van der Waals surface area (Å²) in [6.07, 6.45) is 2.52. The van der Waals surface area contributed by atoms with Crippen LogP contribution in [-0.2, 0) is 89.5 Å². The molecule has 690 valence electrons. The molecule has 9 aromatic rings. The van der Waals surface area contributed by atoms with Crippen LogP contribution in [-0.4, -0.2) is 208 Å². The largest absolute Gasteiger partial charge is 0.761 e. The smallest absolute Gasteiger partial charge is 0.351 e. The lowest BCUT2D eigenvalue weighted by Gasteiger charge is -2.27. The molecule has 45 nitrogen and oxygen atoms in total. The maximum absolute atomic E-state index is 12.6. The van der Waals surface area contributed by atoms with E-state index in [4.69, 9.17) is 47.7 Å². The number of nitrogen functional groups attached to an aromatic ring is 1. The van der Waals surface area contributed by atoms with E-state index in [2.05, 4.69) is 97.3 Å². The van der Waals surface area contributed by atoms with Crippen LogP contribution in [0.3, 0.4) is 0 Å². The molecule has 3 aromatic carbocycles. The summed E-state index contributed by atoms with van der Waals surface area (Å²) in [7, 11) is -2.93. The second-order valence-electron chi connectivity index (χ2n) is 28.9. The Morgan fingerprint density at radius 1 is 0.527 bits per heavy atom. The lowest BCUT2D eigenvalue weighted by atomic mass is 10.1. The number of nitrogens with zero attached hydrogens (tertiary/aromatic N) is 10. The highest BCUT2D eigenvalue weighted by molar-refractivity contribution is 7.50. The van der Waals surface area contributed by atoms with Crippen LogP contribution in [0.2, 0.25) is 0 Å². The zero-order valence-corrected chi connectivity index (χ0v) is 73.9. The molecule has 0 aliphatic carbocycles. The van der Waals surface area contributed by atoms with E-state index in [9.17, 15) is 82.1 Å². The molecule has 0 spiro atoms. The average molecular weight is 1850 g/mol. The Balaban J connectivity index is 0.000000201. The summed E-state index contributed by atoms with van der Waals surface area (Å²) in [5.41, 5.74) is 9.22. The number of carbonyl (C=O) groups excluding carboxylic acids is 3. The maximum Gasteiger partial charge on any atom is 0.351 e. The number of nitrogens with two attached hydrogens (primary N) is 1. The molecule has 3 aliphatic heterocycles. The molecule has 9 heterocycles. The van der Waals surface area contributed by atoms with Gasteiger partial charge in [0, 0.05) is 152 Å². The Bertz CT molecular complexity index is 5840. The van der Waals surface area contributed by atoms with Crippen molar-refractivity contribution in [2.24, 2.45) is 0 Å². The van der Waals surface area contributed by atoms with Crippen molar-refractivity contribution < 1.29 is 100 Å². The molecule has 6 aromatic heterocycles. The zero-order chi connectivity index (χ0) is 93.4. The minimum absolute atomic E-state index is 0.0169. The molecule has 12 rings (SSSR count). The number of esters is 3. The quantitative estimate of drug-likeness (QED) is 0.0117. The van der Waals surface area contributed by atoms with E-state index in [1.165, 1.54) is 70.3 Å². The van der Waals surface area contributed by atoms with Gasteiger partial charge in [-0.1, -0.05) is 47.7 Å². The van der Waals surface area contributed by atoms with Gasteiger partial charge in [-0.25, -0.2) is 29.3 Å². The highest BCUT2D eigenvalue weighted by Crippen LogP contribution is 2.44. The van der Waals surface area contributed by atoms with E-state index in [1.54, 1.807) is 35.2 Å². The van der Waals surface area contributed by atoms with Crippen LogP contribution in [0.1, 0.15) is 108 Å². The summed E-state index contributed by atoms with van der Waals surface area (Å²) in [4.78, 5) is 156. The van der Waals surface area contributed by atoms with E-state index in [-0.39, 0.29) is 98.3 Å². The molecule has 0 bridgehead atoms. The van der Waals surface area contributed by atoms with Crippen molar-refractivity contribution in [2.75, 3.05) is 108 Å². The third-order valence-corrected chi connectivity index (χ3v) is 24.3. The van der Waals surface area contributed by atoms with Crippen LogP contribution >= 0.6 is 23.2 Å². The number of aromatic nitrogens is 12. The zero-order valence-electron chi connectivity index (χ0n) is 71.3. The predicted molar refractivity (Wildman–Crippen MR) is 460 cm³/mol. The lowest BCUT2D eigenvalue weighted by molar-refractivity contribution is -0.206. The topological polar surface area (TPSA) is 612 Å². The van der Waals surface area contributed by atoms with Gasteiger partial charge in [-0.05, 0) is 106 Å². The van der Waals surface area contributed by atoms with Crippen LogP contribution in [0, 0.1) is 56.3 Å². The molecule has 13 atom stereocenters. The first kappa shape index (κ1) is 98.8. The first-order valence-electron chi connectivity index (χ1n) is 39.9. The Morgan fingerprint density at radius 3 is 1.34 bits per heavy atom. The first-order valence-corrected chi connectivity index (χ1v) is 44.4. The van der Waals surface area contributed by atoms with Crippen LogP contribution in [0.25, 0.3) is 0 Å². The monoisotopic (exact) mass is 1840 g/mol. The van der Waals surface area contributed by atoms with Crippen molar-refractivity contribution in [2.45, 2.75) is 140 Å². The second-order valence-corrected chi connectivity index (χ2v) is 33.7. The molecule has 13 N–H and O–H groups in total. The molecule has 3 saturated heterocycles. The third kappa shape index (κ3) is 27.1. The van der Waals surface area contributed by atoms with Crippen molar-refractivity contribution in [1.29, 1.82) is 0 Å². The average Bonchev–Trinajstić information content (AvgIpc) is 1.68. The number of nitrogens with one attached hydrogen (secondary N) is 8. The normalized spacial score (nSPS) is 19.5. The van der Waals surface area contributed by atoms with Gasteiger partial charge < -0.3 is 110 Å². The predicted octanol–water partition coefficient (Wildman–Crippen LogP) is 0.795. The molecular formula is C81H97N19O26P3-3. The fourth-order valence-corrected chi connectivity index (χ4v) is 16.3. The minimum Gasteiger partial charge on any atom is -0.761 e. The van der Waals surface area contributed by atoms with Gasteiger partial charge in [0.1, 0.15) is 84.1 Å². The van der Waals surface area contributed by atoms with Crippen molar-refractivity contribution in [3.05, 3.63) is 219 Å². The van der Waals surface area contributed by atoms with Gasteiger partial charge >= 0.3 is 35.0 Å². The molecule has 0 amide bonds. The first-order chi connectivity index (χ1) is 61.5. The standard InChI is InChI=1S/C27H34N7O8P.2C27H33N6O9P/c1-17-31-10-11-34(17)43(38,39)41-16-23-22(35)14-24(42-23)33-15-19(25(28)32-27(33)37)5-4-12-40-26(36)21(30-3)13-18-6-8-20(29-2)9-7-18;1-17-30-8-9-33(17)43(38,39)41-16-23-22(34)14-24(42-23)32-15-19(26(36)31-27(32)37)5-4-10-40-25(35)7-6-18-11-20(28-2)13-21(12-18)29-3;1-17-30-8-9-33(17)43(38,39)41-16-23-22(34)13-24(42-23)32-14-19(26(36)31-27(32)37)6-4-5-7-25(35)40-15-18-10-20(28-2)12-21(11-18)29-3/h6-11,15,21-24,29-30,35H,12-14,16H2,1-3H3,(H,38,39)(H2,28,32,37);8-9,11-13,15,22-24,28-29,34H,6-7,10,14,16H2,1-3H3,(H,38,39)(H,31,36,37);8-12,14,22-24,28-29,34H,5,7,13,15-16H2,1-3H3,(H,38,39)(H,31,36,37)/p-3/t21?,22-,23-,24-;2*22-,23-,24-/m111/s1. The van der Waals surface area contributed by atoms with E-state index >= 15 is 0 Å². The number of hydrogen-bond acceptors (Lipinski definition) is 37. The number of aryl methyl sites for hydroxylation is 4. The lowest BCUT2D eigenvalue weighted by Crippen LogP contribution is -2.37. The van der Waals surface area contributed by atoms with Crippen LogP contribution in [0.5, 0.6) is 0 Å². The van der Waals surface area contributed by atoms with Crippen molar-refractivity contribution >= 4 is 75.4 Å². The Hall–Kier alpha value is -12.4. The summed E-state index contributed by atoms with van der Waals surface area (Å²) < 4.78 is 91.1. The van der Waals surface area contributed by atoms with Crippen molar-refractivity contribution in [3.63, 3.8) is 0 Å². The number of H-pyrrole nitrogens is 2. The highest BCUT2D eigenvalue weighted by atomic mass is 31.2. The van der Waals surface area contributed by atoms with E-state index < -0.39 is 151 Å². The fraction of sp³-hybridized carbons (Fsp3) is 0.407. The van der Waals surface area contributed by atoms with Gasteiger partial charge in [0.25, 0.3) is 11.1 Å². The Morgan fingerprint density at radius 2 is 0.922 bits per heavy atom. The number of rotatable bonds is 33. The van der Waals surface area contributed by atoms with Gasteiger partial charge in [-0.3, -0.25) is 74.3 Å². The van der Waals surface area contributed by atoms with Crippen molar-refractivity contribution in [3.8, 4) is 35.5 Å². The van der Waals surface area contributed by atoms with Crippen LogP contribution in [0.4, 0.5) is 34.3 Å². The van der Waals surface area contributed by atoms with Gasteiger partial charge in [-0.15, -0.1) is 0 Å². The number of likely N-dealkylation sites (N-methyl/N-ethyl adjacent to an activating group) is 1. The Labute approximate surface area is 736 Å². The molecule has 4 unspecified atom stereocenters. The number of anilines is 6. The summed E-state index contributed by atoms with van der Waals surface area (Å²) in [5, 5.41) is 49.5. The maximum atomic E-state index is 12.6. The molecule has 48 heteroatoms. The summed E-state index contributed by atoms with van der Waals surface area (Å²) >= 11 is 0. The van der Waals surface area contributed by atoms with Gasteiger partial charge in [0.05, 0.1) is 50.1 Å². The number of benzene rings is 3. The number of aromatic amines is 2. The van der Waals surface area contributed by atoms with E-state index in [0.717, 1.165) is 78.0 Å². The van der Waals surface area contributed by atoms with Gasteiger partial charge in [0.15, 0.2) is 13.2 Å². The van der Waals surface area contributed by atoms with Crippen LogP contribution in [0.15, 0.2) is 140 Å². The molecule has 129 heavy (non-hydrogen) atoms. The number of imidazole rings is 3. The molecule has 3 fully saturated rings. The molecule has 3 aliphatic rings. The Kier molecular flexibility index (Phi) is 34.9. The van der Waals surface area contributed by atoms with Gasteiger partial charge in [-0.2, -0.15) is 4.98 Å².